The normalized spacial score (nSPS) is 40.9. The van der Waals surface area contributed by atoms with Gasteiger partial charge in [0.25, 0.3) is 0 Å². The summed E-state index contributed by atoms with van der Waals surface area (Å²) >= 11 is 0. The van der Waals surface area contributed by atoms with Gasteiger partial charge in [0.1, 0.15) is 42.7 Å². The third-order valence-corrected chi connectivity index (χ3v) is 23.4. The maximum atomic E-state index is 13.9. The molecule has 634 valence electrons. The SMILES string of the molecule is Br.C.C.CCC1OC(=O)CC(O)C(C)C(OC2OC(C)C(O)C(N(C)C)C2O)C(CCN2CCCCC2)CC(C)C(=O)/C=C/C(C)=C/C1CO.CCC1OC(=O)CC(O)C(C)C(OC2OC(C)C(O)C(N(C)C)C2O)C(CCN2CCCCC2)CC(C)C(=O)/C=C/C(C)=C/C1COC1OC(C)C(O)C(OC)C1OC. The maximum absolute atomic E-state index is 13.9. The lowest BCUT2D eigenvalue weighted by Gasteiger charge is -2.47. The van der Waals surface area contributed by atoms with Crippen LogP contribution in [0.15, 0.2) is 47.6 Å². The second-order valence-electron chi connectivity index (χ2n) is 32.0. The highest BCUT2D eigenvalue weighted by atomic mass is 79.9. The van der Waals surface area contributed by atoms with Gasteiger partial charge in [-0.1, -0.05) is 105 Å². The van der Waals surface area contributed by atoms with Crippen LogP contribution in [0.25, 0.3) is 0 Å². The van der Waals surface area contributed by atoms with Crippen molar-refractivity contribution in [3.05, 3.63) is 47.6 Å². The number of halogens is 1. The van der Waals surface area contributed by atoms with Crippen molar-refractivity contribution in [3.63, 3.8) is 0 Å². The molecule has 5 fully saturated rings. The number of methoxy groups -OCH3 is 2. The topological polar surface area (TPSA) is 335 Å². The highest BCUT2D eigenvalue weighted by Gasteiger charge is 2.51. The van der Waals surface area contributed by atoms with Crippen LogP contribution in [-0.2, 0) is 66.5 Å². The number of carbonyl (C=O) groups excluding carboxylic acids is 4. The maximum Gasteiger partial charge on any atom is 0.308 e. The Morgan fingerprint density at radius 3 is 1.23 bits per heavy atom. The molecule has 0 spiro atoms. The molecule has 0 aliphatic carbocycles. The van der Waals surface area contributed by atoms with Gasteiger partial charge < -0.3 is 108 Å². The number of rotatable bonds is 20. The molecule has 26 nitrogen and oxygen atoms in total. The summed E-state index contributed by atoms with van der Waals surface area (Å²) in [5.74, 6) is -4.80. The number of aliphatic hydroxyl groups excluding tert-OH is 8. The van der Waals surface area contributed by atoms with Crippen LogP contribution in [0, 0.1) is 47.3 Å². The van der Waals surface area contributed by atoms with Crippen LogP contribution in [0.5, 0.6) is 0 Å². The molecule has 27 heteroatoms. The first-order valence-electron chi connectivity index (χ1n) is 39.6. The summed E-state index contributed by atoms with van der Waals surface area (Å²) in [6.45, 7) is 25.5. The number of piperidine rings is 2. The molecule has 7 aliphatic heterocycles. The molecule has 109 heavy (non-hydrogen) atoms. The number of likely N-dealkylation sites (N-methyl/N-ethyl adjacent to an activating group) is 2. The quantitative estimate of drug-likeness (QED) is 0.0551. The number of likely N-dealkylation sites (tertiary alicyclic amines) is 2. The van der Waals surface area contributed by atoms with Crippen molar-refractivity contribution in [1.29, 1.82) is 0 Å². The van der Waals surface area contributed by atoms with E-state index in [1.54, 1.807) is 83.1 Å². The lowest BCUT2D eigenvalue weighted by Crippen LogP contribution is -2.63. The molecule has 0 amide bonds. The zero-order valence-corrected chi connectivity index (χ0v) is 69.0. The van der Waals surface area contributed by atoms with Gasteiger partial charge in [-0.3, -0.25) is 19.2 Å². The molecule has 7 heterocycles. The van der Waals surface area contributed by atoms with E-state index in [0.717, 1.165) is 76.1 Å². The number of ketones is 2. The molecule has 7 rings (SSSR count). The van der Waals surface area contributed by atoms with Crippen LogP contribution in [-0.4, -0.2) is 307 Å². The second-order valence-corrected chi connectivity index (χ2v) is 32.0. The Morgan fingerprint density at radius 2 is 0.862 bits per heavy atom. The van der Waals surface area contributed by atoms with Crippen LogP contribution in [0.3, 0.4) is 0 Å². The van der Waals surface area contributed by atoms with Crippen LogP contribution >= 0.6 is 17.0 Å². The van der Waals surface area contributed by atoms with E-state index >= 15 is 0 Å². The fourth-order valence-electron chi connectivity index (χ4n) is 16.6. The zero-order chi connectivity index (χ0) is 78.4. The monoisotopic (exact) mass is 1620 g/mol. The molecule has 0 bridgehead atoms. The van der Waals surface area contributed by atoms with E-state index < -0.39 is 170 Å². The van der Waals surface area contributed by atoms with Crippen LogP contribution in [0.1, 0.15) is 181 Å². The average molecular weight is 1620 g/mol. The lowest BCUT2D eigenvalue weighted by atomic mass is 9.79. The first kappa shape index (κ1) is 100. The summed E-state index contributed by atoms with van der Waals surface area (Å²) in [5.41, 5.74) is 1.54. The van der Waals surface area contributed by atoms with Crippen molar-refractivity contribution < 1.29 is 107 Å². The van der Waals surface area contributed by atoms with Crippen molar-refractivity contribution in [2.45, 2.75) is 310 Å². The summed E-state index contributed by atoms with van der Waals surface area (Å²) < 4.78 is 61.0. The first-order chi connectivity index (χ1) is 50.3. The number of nitrogens with zero attached hydrogens (tertiary/aromatic N) is 4. The highest BCUT2D eigenvalue weighted by molar-refractivity contribution is 8.93. The van der Waals surface area contributed by atoms with Gasteiger partial charge >= 0.3 is 11.9 Å². The van der Waals surface area contributed by atoms with Gasteiger partial charge in [0.2, 0.25) is 0 Å². The molecule has 7 aliphatic rings. The number of cyclic esters (lactones) is 2. The summed E-state index contributed by atoms with van der Waals surface area (Å²) in [7, 11) is 10.1. The number of hydrogen-bond acceptors (Lipinski definition) is 26. The molecule has 0 saturated carbocycles. The Kier molecular flexibility index (Phi) is 45.1. The second kappa shape index (κ2) is 49.1. The molecular weight excluding hydrogens is 1470 g/mol. The average Bonchev–Trinajstić information content (AvgIpc) is 0.805. The van der Waals surface area contributed by atoms with E-state index in [1.165, 1.54) is 27.1 Å². The number of ether oxygens (including phenoxy) is 10. The number of allylic oxidation sites excluding steroid dienone is 6. The third-order valence-electron chi connectivity index (χ3n) is 23.4. The van der Waals surface area contributed by atoms with Crippen LogP contribution in [0.4, 0.5) is 0 Å². The van der Waals surface area contributed by atoms with Crippen molar-refractivity contribution in [1.82, 2.24) is 19.6 Å². The van der Waals surface area contributed by atoms with E-state index in [0.29, 0.717) is 38.5 Å². The minimum absolute atomic E-state index is 0. The van der Waals surface area contributed by atoms with Gasteiger partial charge in [-0.15, -0.1) is 17.0 Å². The van der Waals surface area contributed by atoms with Gasteiger partial charge in [-0.25, -0.2) is 0 Å². The summed E-state index contributed by atoms with van der Waals surface area (Å²) in [6, 6.07) is -1.33. The summed E-state index contributed by atoms with van der Waals surface area (Å²) in [4.78, 5) is 62.7. The van der Waals surface area contributed by atoms with Crippen molar-refractivity contribution in [2.75, 3.05) is 94.9 Å². The molecule has 0 radical (unpaired) electrons. The molecule has 5 saturated heterocycles. The Labute approximate surface area is 663 Å². The zero-order valence-electron chi connectivity index (χ0n) is 67.3. The van der Waals surface area contributed by atoms with E-state index in [9.17, 15) is 60.0 Å². The van der Waals surface area contributed by atoms with E-state index in [2.05, 4.69) is 9.80 Å². The first-order valence-corrected chi connectivity index (χ1v) is 39.6. The van der Waals surface area contributed by atoms with Crippen molar-refractivity contribution >= 4 is 40.5 Å². The molecule has 0 aromatic carbocycles. The Bertz CT molecular complexity index is 2770. The van der Waals surface area contributed by atoms with Crippen molar-refractivity contribution in [3.8, 4) is 0 Å². The minimum atomic E-state index is -1.22. The minimum Gasteiger partial charge on any atom is -0.462 e. The molecule has 0 aromatic rings. The smallest absolute Gasteiger partial charge is 0.308 e. The number of aliphatic hydroxyl groups is 8. The van der Waals surface area contributed by atoms with Crippen molar-refractivity contribution in [2.24, 2.45) is 47.3 Å². The van der Waals surface area contributed by atoms with Gasteiger partial charge in [0.05, 0.1) is 93.1 Å². The van der Waals surface area contributed by atoms with Crippen LogP contribution < -0.4 is 0 Å². The number of carbonyl (C=O) groups is 4. The van der Waals surface area contributed by atoms with Crippen LogP contribution in [0.2, 0.25) is 0 Å². The number of hydrogen-bond donors (Lipinski definition) is 8. The molecular formula is C82H147BrN4O22. The third kappa shape index (κ3) is 29.0. The fourth-order valence-corrected chi connectivity index (χ4v) is 16.6. The van der Waals surface area contributed by atoms with Gasteiger partial charge in [0, 0.05) is 49.7 Å². The predicted octanol–water partition coefficient (Wildman–Crippen LogP) is 7.39. The molecule has 29 atom stereocenters. The Morgan fingerprint density at radius 1 is 0.495 bits per heavy atom. The molecule has 8 N–H and O–H groups in total. The van der Waals surface area contributed by atoms with Gasteiger partial charge in [-0.2, -0.15) is 0 Å². The highest BCUT2D eigenvalue weighted by Crippen LogP contribution is 2.39. The number of esters is 2. The summed E-state index contributed by atoms with van der Waals surface area (Å²) in [5, 5.41) is 88.9. The predicted molar refractivity (Wildman–Crippen MR) is 423 cm³/mol. The van der Waals surface area contributed by atoms with Gasteiger partial charge in [-0.05, 0) is 190 Å². The lowest BCUT2D eigenvalue weighted by molar-refractivity contribution is -0.304. The molecule has 0 aromatic heterocycles. The van der Waals surface area contributed by atoms with E-state index in [-0.39, 0.29) is 87.2 Å². The standard InChI is InChI=1S/C44H76N2O13.C36H62N2O9.2CH4.BrH/c1-11-34-31(24-55-44-42(54-10)41(53-9)38(51)29(6)57-44)21-25(2)15-16-32(47)26(3)22-30(17-20-46-18-13-12-14-19-46)40(27(4)33(48)23-35(49)58-34)59-43-39(52)36(45(7)8)37(50)28(5)56-43;1-8-30-27(21-39)18-22(2)12-13-28(40)23(3)19-26(14-17-38-15-10-9-11-16-38)35(24(4)29(41)20-31(42)46-30)47-36-34(44)32(37(6)7)33(43)25(5)45-36;;;/h15-16,21,26-31,33-34,36-44,48,50-52H,11-14,17-20,22-24H2,1-10H3;12-13,18,23-27,29-30,32-36,39,41,43-44H,8-11,14-17,19-21H2,1-7H3;2*1H4;1H/b16-15+,25-21+;13-12+,22-18+;;;. The Balaban J connectivity index is 0.000000563. The van der Waals surface area contributed by atoms with Gasteiger partial charge in [0.15, 0.2) is 30.4 Å². The summed E-state index contributed by atoms with van der Waals surface area (Å²) in [6.07, 6.45) is 3.01. The fraction of sp³-hybridized carbons (Fsp3) is 0.854. The van der Waals surface area contributed by atoms with E-state index in [1.807, 2.05) is 67.5 Å². The Hall–Kier alpha value is -3.08. The van der Waals surface area contributed by atoms with E-state index in [4.69, 9.17) is 47.4 Å². The molecule has 29 unspecified atom stereocenters. The largest absolute Gasteiger partial charge is 0.462 e.